The van der Waals surface area contributed by atoms with E-state index in [1.165, 1.54) is 12.5 Å². The third kappa shape index (κ3) is 1.73. The number of furan rings is 1. The Bertz CT molecular complexity index is 382. The molecule has 0 saturated heterocycles. The molecular formula is C7H5N3O2S. The van der Waals surface area contributed by atoms with Crippen LogP contribution in [0.2, 0.25) is 0 Å². The number of hydrogen-bond acceptors (Lipinski definition) is 5. The van der Waals surface area contributed by atoms with Gasteiger partial charge in [-0.2, -0.15) is 0 Å². The van der Waals surface area contributed by atoms with Gasteiger partial charge < -0.3 is 9.73 Å². The van der Waals surface area contributed by atoms with Crippen molar-refractivity contribution >= 4 is 22.4 Å². The second kappa shape index (κ2) is 3.36. The van der Waals surface area contributed by atoms with E-state index in [4.69, 9.17) is 4.42 Å². The Morgan fingerprint density at radius 1 is 1.62 bits per heavy atom. The highest BCUT2D eigenvalue weighted by Crippen LogP contribution is 2.11. The number of anilines is 1. The van der Waals surface area contributed by atoms with Crippen LogP contribution in [0.1, 0.15) is 10.6 Å². The summed E-state index contributed by atoms with van der Waals surface area (Å²) in [4.78, 5) is 11.3. The van der Waals surface area contributed by atoms with Crippen molar-refractivity contribution in [3.8, 4) is 0 Å². The van der Waals surface area contributed by atoms with Gasteiger partial charge in [-0.25, -0.2) is 0 Å². The van der Waals surface area contributed by atoms with Crippen LogP contribution in [0.4, 0.5) is 5.00 Å². The van der Waals surface area contributed by atoms with Crippen LogP contribution in [0.15, 0.2) is 29.0 Å². The van der Waals surface area contributed by atoms with E-state index in [9.17, 15) is 4.79 Å². The number of carbonyl (C=O) groups is 1. The van der Waals surface area contributed by atoms with Gasteiger partial charge in [0.2, 0.25) is 0 Å². The van der Waals surface area contributed by atoms with Crippen LogP contribution in [0, 0.1) is 0 Å². The molecule has 66 valence electrons. The first-order valence-electron chi connectivity index (χ1n) is 3.48. The highest BCUT2D eigenvalue weighted by atomic mass is 32.1. The Hall–Kier alpha value is -1.69. The molecule has 1 N–H and O–H groups in total. The average Bonchev–Trinajstić information content (AvgIpc) is 2.74. The second-order valence-corrected chi connectivity index (χ2v) is 3.00. The summed E-state index contributed by atoms with van der Waals surface area (Å²) in [6, 6.07) is 3.24. The minimum absolute atomic E-state index is 0.272. The van der Waals surface area contributed by atoms with E-state index >= 15 is 0 Å². The van der Waals surface area contributed by atoms with Crippen LogP contribution in [-0.4, -0.2) is 15.5 Å². The number of rotatable bonds is 2. The fourth-order valence-corrected chi connectivity index (χ4v) is 1.22. The van der Waals surface area contributed by atoms with Gasteiger partial charge in [-0.15, -0.1) is 5.10 Å². The molecule has 0 aliphatic carbocycles. The summed E-state index contributed by atoms with van der Waals surface area (Å²) in [6.45, 7) is 0. The molecule has 0 unspecified atom stereocenters. The molecule has 2 rings (SSSR count). The molecule has 2 aromatic rings. The monoisotopic (exact) mass is 195 g/mol. The van der Waals surface area contributed by atoms with Crippen LogP contribution in [-0.2, 0) is 0 Å². The zero-order valence-corrected chi connectivity index (χ0v) is 7.25. The highest BCUT2D eigenvalue weighted by Gasteiger charge is 2.09. The molecule has 0 atom stereocenters. The summed E-state index contributed by atoms with van der Waals surface area (Å²) < 4.78 is 8.50. The lowest BCUT2D eigenvalue weighted by Gasteiger charge is -1.95. The standard InChI is InChI=1S/C7H5N3O2S/c11-7(5-2-1-3-12-5)9-6-4-8-10-13-6/h1-4H,(H,9,11). The van der Waals surface area contributed by atoms with Gasteiger partial charge in [-0.3, -0.25) is 4.79 Å². The van der Waals surface area contributed by atoms with Gasteiger partial charge in [0.1, 0.15) is 5.00 Å². The van der Waals surface area contributed by atoms with E-state index < -0.39 is 0 Å². The Morgan fingerprint density at radius 3 is 3.15 bits per heavy atom. The fourth-order valence-electron chi connectivity index (χ4n) is 0.803. The minimum Gasteiger partial charge on any atom is -0.459 e. The Morgan fingerprint density at radius 2 is 2.54 bits per heavy atom. The lowest BCUT2D eigenvalue weighted by atomic mass is 10.4. The largest absolute Gasteiger partial charge is 0.459 e. The molecule has 0 bridgehead atoms. The van der Waals surface area contributed by atoms with Gasteiger partial charge in [-0.05, 0) is 12.1 Å². The van der Waals surface area contributed by atoms with Crippen molar-refractivity contribution in [1.29, 1.82) is 0 Å². The molecule has 0 aliphatic rings. The zero-order valence-electron chi connectivity index (χ0n) is 6.43. The predicted octanol–water partition coefficient (Wildman–Crippen LogP) is 1.38. The summed E-state index contributed by atoms with van der Waals surface area (Å²) >= 11 is 1.11. The third-order valence-electron chi connectivity index (χ3n) is 1.34. The van der Waals surface area contributed by atoms with Crippen molar-refractivity contribution in [2.24, 2.45) is 0 Å². The normalized spacial score (nSPS) is 9.85. The number of nitrogens with one attached hydrogen (secondary N) is 1. The maximum absolute atomic E-state index is 11.3. The Balaban J connectivity index is 2.08. The van der Waals surface area contributed by atoms with Crippen LogP contribution in [0.3, 0.4) is 0 Å². The van der Waals surface area contributed by atoms with Crippen LogP contribution in [0.5, 0.6) is 0 Å². The number of carbonyl (C=O) groups excluding carboxylic acids is 1. The first-order chi connectivity index (χ1) is 6.36. The molecule has 0 spiro atoms. The molecule has 0 saturated carbocycles. The van der Waals surface area contributed by atoms with Crippen LogP contribution >= 0.6 is 11.5 Å². The number of aromatic nitrogens is 2. The SMILES string of the molecule is O=C(Nc1cnns1)c1ccco1. The van der Waals surface area contributed by atoms with Gasteiger partial charge in [0.15, 0.2) is 5.76 Å². The van der Waals surface area contributed by atoms with E-state index in [0.717, 1.165) is 11.5 Å². The predicted molar refractivity (Wildman–Crippen MR) is 46.6 cm³/mol. The third-order valence-corrected chi connectivity index (χ3v) is 1.92. The summed E-state index contributed by atoms with van der Waals surface area (Å²) in [5, 5.41) is 6.76. The first kappa shape index (κ1) is 7.93. The highest BCUT2D eigenvalue weighted by molar-refractivity contribution is 7.10. The van der Waals surface area contributed by atoms with Crippen molar-refractivity contribution in [3.05, 3.63) is 30.4 Å². The maximum Gasteiger partial charge on any atom is 0.292 e. The van der Waals surface area contributed by atoms with Gasteiger partial charge in [0.25, 0.3) is 5.91 Å². The molecule has 2 heterocycles. The minimum atomic E-state index is -0.295. The quantitative estimate of drug-likeness (QED) is 0.786. The lowest BCUT2D eigenvalue weighted by Crippen LogP contribution is -2.09. The summed E-state index contributed by atoms with van der Waals surface area (Å²) in [5.41, 5.74) is 0. The zero-order chi connectivity index (χ0) is 9.10. The molecule has 0 aliphatic heterocycles. The second-order valence-electron chi connectivity index (χ2n) is 2.21. The lowest BCUT2D eigenvalue weighted by molar-refractivity contribution is 0.0997. The first-order valence-corrected chi connectivity index (χ1v) is 4.26. The summed E-state index contributed by atoms with van der Waals surface area (Å²) in [5.74, 6) is -0.0237. The molecule has 0 aromatic carbocycles. The Kier molecular flexibility index (Phi) is 2.05. The van der Waals surface area contributed by atoms with Crippen molar-refractivity contribution in [1.82, 2.24) is 9.59 Å². The molecule has 2 aromatic heterocycles. The molecule has 1 amide bonds. The number of amides is 1. The molecule has 0 radical (unpaired) electrons. The summed E-state index contributed by atoms with van der Waals surface area (Å²) in [7, 11) is 0. The number of hydrogen-bond donors (Lipinski definition) is 1. The van der Waals surface area contributed by atoms with Crippen molar-refractivity contribution in [2.75, 3.05) is 5.32 Å². The van der Waals surface area contributed by atoms with Crippen molar-refractivity contribution in [3.63, 3.8) is 0 Å². The fraction of sp³-hybridized carbons (Fsp3) is 0. The van der Waals surface area contributed by atoms with Gasteiger partial charge in [0.05, 0.1) is 12.5 Å². The van der Waals surface area contributed by atoms with Crippen molar-refractivity contribution in [2.45, 2.75) is 0 Å². The maximum atomic E-state index is 11.3. The molecular weight excluding hydrogens is 190 g/mol. The van der Waals surface area contributed by atoms with Gasteiger partial charge in [0, 0.05) is 11.5 Å². The van der Waals surface area contributed by atoms with Gasteiger partial charge in [-0.1, -0.05) is 4.49 Å². The van der Waals surface area contributed by atoms with E-state index in [1.807, 2.05) is 0 Å². The average molecular weight is 195 g/mol. The molecule has 13 heavy (non-hydrogen) atoms. The molecule has 0 fully saturated rings. The van der Waals surface area contributed by atoms with Gasteiger partial charge >= 0.3 is 0 Å². The Labute approximate surface area is 77.5 Å². The smallest absolute Gasteiger partial charge is 0.292 e. The topological polar surface area (TPSA) is 68.0 Å². The van der Waals surface area contributed by atoms with E-state index in [2.05, 4.69) is 14.9 Å². The van der Waals surface area contributed by atoms with Crippen LogP contribution in [0.25, 0.3) is 0 Å². The van der Waals surface area contributed by atoms with E-state index in [1.54, 1.807) is 12.1 Å². The van der Waals surface area contributed by atoms with E-state index in [0.29, 0.717) is 5.00 Å². The summed E-state index contributed by atoms with van der Waals surface area (Å²) in [6.07, 6.45) is 2.92. The molecule has 5 nitrogen and oxygen atoms in total. The van der Waals surface area contributed by atoms with Crippen molar-refractivity contribution < 1.29 is 9.21 Å². The number of nitrogens with zero attached hydrogens (tertiary/aromatic N) is 2. The van der Waals surface area contributed by atoms with E-state index in [-0.39, 0.29) is 11.7 Å². The molecule has 6 heteroatoms. The van der Waals surface area contributed by atoms with Crippen LogP contribution < -0.4 is 5.32 Å².